The van der Waals surface area contributed by atoms with E-state index < -0.39 is 0 Å². The maximum Gasteiger partial charge on any atom is 0.289 e. The average molecular weight is 145 g/mol. The van der Waals surface area contributed by atoms with Crippen LogP contribution in [0.1, 0.15) is 6.92 Å². The summed E-state index contributed by atoms with van der Waals surface area (Å²) in [7, 11) is 1.63. The quantitative estimate of drug-likeness (QED) is 0.503. The van der Waals surface area contributed by atoms with Gasteiger partial charge in [-0.15, -0.1) is 0 Å². The van der Waals surface area contributed by atoms with E-state index in [1.54, 1.807) is 14.0 Å². The van der Waals surface area contributed by atoms with Crippen LogP contribution in [-0.4, -0.2) is 28.3 Å². The molecule has 1 unspecified atom stereocenters. The van der Waals surface area contributed by atoms with Crippen LogP contribution in [0.25, 0.3) is 0 Å². The molecule has 0 spiro atoms. The van der Waals surface area contributed by atoms with Crippen LogP contribution in [0.4, 0.5) is 4.79 Å². The van der Waals surface area contributed by atoms with Gasteiger partial charge < -0.3 is 4.90 Å². The number of amides is 1. The fraction of sp³-hybridized carbons (Fsp3) is 0.600. The normalized spacial score (nSPS) is 27.8. The van der Waals surface area contributed by atoms with E-state index in [4.69, 9.17) is 0 Å². The summed E-state index contributed by atoms with van der Waals surface area (Å²) in [6.45, 7) is 1.72. The van der Waals surface area contributed by atoms with Crippen molar-refractivity contribution in [3.05, 3.63) is 0 Å². The molecule has 0 aromatic carbocycles. The molecule has 1 amide bonds. The van der Waals surface area contributed by atoms with Crippen LogP contribution in [0.15, 0.2) is 0 Å². The van der Waals surface area contributed by atoms with Crippen molar-refractivity contribution in [2.75, 3.05) is 7.05 Å². The number of carbonyl (C=O) groups is 2. The average Bonchev–Trinajstić information content (AvgIpc) is 1.98. The van der Waals surface area contributed by atoms with E-state index in [9.17, 15) is 9.59 Å². The lowest BCUT2D eigenvalue weighted by atomic mass is 10.4. The van der Waals surface area contributed by atoms with E-state index >= 15 is 0 Å². The number of carbonyl (C=O) groups excluding carboxylic acids is 2. The Balaban J connectivity index is 2.77. The number of nitrogens with zero attached hydrogens (tertiary/aromatic N) is 1. The van der Waals surface area contributed by atoms with Gasteiger partial charge in [-0.05, 0) is 6.92 Å². The van der Waals surface area contributed by atoms with Crippen molar-refractivity contribution in [3.63, 3.8) is 0 Å². The van der Waals surface area contributed by atoms with Crippen LogP contribution in [-0.2, 0) is 4.79 Å². The second-order valence-electron chi connectivity index (χ2n) is 1.97. The van der Waals surface area contributed by atoms with Gasteiger partial charge in [0.05, 0.1) is 6.04 Å². The molecule has 0 aromatic heterocycles. The van der Waals surface area contributed by atoms with Gasteiger partial charge in [-0.25, -0.2) is 0 Å². The standard InChI is InChI=1S/C5H7NO2S/c1-3-4(7)9-5(8)6(3)2/h3H,1-2H3. The summed E-state index contributed by atoms with van der Waals surface area (Å²) in [5.41, 5.74) is 0. The van der Waals surface area contributed by atoms with Gasteiger partial charge >= 0.3 is 0 Å². The summed E-state index contributed by atoms with van der Waals surface area (Å²) in [5, 5.41) is -0.199. The summed E-state index contributed by atoms with van der Waals surface area (Å²) in [6, 6.07) is -0.234. The number of thioether (sulfide) groups is 1. The van der Waals surface area contributed by atoms with Gasteiger partial charge in [-0.2, -0.15) is 0 Å². The van der Waals surface area contributed by atoms with Crippen LogP contribution in [0.5, 0.6) is 0 Å². The Morgan fingerprint density at radius 3 is 2.22 bits per heavy atom. The lowest BCUT2D eigenvalue weighted by Gasteiger charge is -2.10. The van der Waals surface area contributed by atoms with Crippen molar-refractivity contribution < 1.29 is 9.59 Å². The third-order valence-corrected chi connectivity index (χ3v) is 2.40. The van der Waals surface area contributed by atoms with Crippen LogP contribution in [0.3, 0.4) is 0 Å². The molecule has 50 valence electrons. The molecule has 1 saturated heterocycles. The largest absolute Gasteiger partial charge is 0.326 e. The van der Waals surface area contributed by atoms with Crippen molar-refractivity contribution in [3.8, 4) is 0 Å². The fourth-order valence-electron chi connectivity index (χ4n) is 0.560. The molecule has 1 atom stereocenters. The molecule has 1 aliphatic heterocycles. The van der Waals surface area contributed by atoms with Gasteiger partial charge in [0.25, 0.3) is 5.24 Å². The molecule has 1 rings (SSSR count). The first-order valence-corrected chi connectivity index (χ1v) is 3.43. The molecule has 4 heteroatoms. The summed E-state index contributed by atoms with van der Waals surface area (Å²) in [6.07, 6.45) is 0. The van der Waals surface area contributed by atoms with Crippen LogP contribution in [0.2, 0.25) is 0 Å². The molecule has 0 saturated carbocycles. The molecule has 0 aromatic rings. The minimum Gasteiger partial charge on any atom is -0.326 e. The zero-order valence-electron chi connectivity index (χ0n) is 5.25. The zero-order chi connectivity index (χ0) is 7.02. The van der Waals surface area contributed by atoms with Gasteiger partial charge in [0.1, 0.15) is 0 Å². The summed E-state index contributed by atoms with van der Waals surface area (Å²) in [4.78, 5) is 22.8. The molecule has 0 bridgehead atoms. The summed E-state index contributed by atoms with van der Waals surface area (Å²) in [5.74, 6) is 0. The highest BCUT2D eigenvalue weighted by Gasteiger charge is 2.33. The molecule has 0 radical (unpaired) electrons. The number of rotatable bonds is 0. The third kappa shape index (κ3) is 0.941. The van der Waals surface area contributed by atoms with E-state index in [0.29, 0.717) is 0 Å². The lowest BCUT2D eigenvalue weighted by molar-refractivity contribution is -0.113. The lowest BCUT2D eigenvalue weighted by Crippen LogP contribution is -2.27. The van der Waals surface area contributed by atoms with Crippen molar-refractivity contribution in [1.82, 2.24) is 4.90 Å². The van der Waals surface area contributed by atoms with E-state index in [2.05, 4.69) is 0 Å². The first kappa shape index (κ1) is 6.61. The Morgan fingerprint density at radius 1 is 1.56 bits per heavy atom. The van der Waals surface area contributed by atoms with Crippen molar-refractivity contribution in [2.24, 2.45) is 0 Å². The highest BCUT2D eigenvalue weighted by atomic mass is 32.2. The molecule has 0 N–H and O–H groups in total. The smallest absolute Gasteiger partial charge is 0.289 e. The van der Waals surface area contributed by atoms with Gasteiger partial charge in [0.2, 0.25) is 5.12 Å². The molecule has 0 aliphatic carbocycles. The zero-order valence-corrected chi connectivity index (χ0v) is 6.07. The minimum atomic E-state index is -0.234. The topological polar surface area (TPSA) is 37.4 Å². The molecule has 1 fully saturated rings. The Kier molecular flexibility index (Phi) is 1.48. The van der Waals surface area contributed by atoms with Gasteiger partial charge in [-0.1, -0.05) is 0 Å². The van der Waals surface area contributed by atoms with Crippen molar-refractivity contribution in [2.45, 2.75) is 13.0 Å². The Morgan fingerprint density at radius 2 is 2.11 bits per heavy atom. The first-order chi connectivity index (χ1) is 4.13. The first-order valence-electron chi connectivity index (χ1n) is 2.61. The Hall–Kier alpha value is -0.510. The third-order valence-electron chi connectivity index (χ3n) is 1.40. The van der Waals surface area contributed by atoms with E-state index in [0.717, 1.165) is 11.8 Å². The Bertz CT molecular complexity index is 150. The van der Waals surface area contributed by atoms with E-state index in [-0.39, 0.29) is 16.4 Å². The predicted octanol–water partition coefficient (Wildman–Crippen LogP) is 0.700. The van der Waals surface area contributed by atoms with Crippen LogP contribution in [0, 0.1) is 0 Å². The molecule has 1 heterocycles. The van der Waals surface area contributed by atoms with Gasteiger partial charge in [0.15, 0.2) is 0 Å². The maximum absolute atomic E-state index is 10.7. The number of hydrogen-bond acceptors (Lipinski definition) is 3. The highest BCUT2D eigenvalue weighted by Crippen LogP contribution is 2.22. The summed E-state index contributed by atoms with van der Waals surface area (Å²) < 4.78 is 0. The second kappa shape index (κ2) is 2.02. The van der Waals surface area contributed by atoms with Crippen molar-refractivity contribution in [1.29, 1.82) is 0 Å². The minimum absolute atomic E-state index is 0.0532. The monoisotopic (exact) mass is 145 g/mol. The number of likely N-dealkylation sites (N-methyl/N-ethyl adjacent to an activating group) is 1. The highest BCUT2D eigenvalue weighted by molar-refractivity contribution is 8.26. The van der Waals surface area contributed by atoms with Crippen LogP contribution < -0.4 is 0 Å². The van der Waals surface area contributed by atoms with E-state index in [1.165, 1.54) is 4.90 Å². The van der Waals surface area contributed by atoms with Crippen molar-refractivity contribution >= 4 is 22.1 Å². The number of hydrogen-bond donors (Lipinski definition) is 0. The predicted molar refractivity (Wildman–Crippen MR) is 35.2 cm³/mol. The van der Waals surface area contributed by atoms with Gasteiger partial charge in [-0.3, -0.25) is 9.59 Å². The van der Waals surface area contributed by atoms with Gasteiger partial charge in [0, 0.05) is 18.8 Å². The van der Waals surface area contributed by atoms with E-state index in [1.807, 2.05) is 0 Å². The SMILES string of the molecule is CC1C(=O)SC(=O)N1C. The summed E-state index contributed by atoms with van der Waals surface area (Å²) >= 11 is 0.785. The second-order valence-corrected chi connectivity index (χ2v) is 2.93. The molecule has 1 aliphatic rings. The van der Waals surface area contributed by atoms with Crippen LogP contribution >= 0.6 is 11.8 Å². The molecule has 9 heavy (non-hydrogen) atoms. The molecular weight excluding hydrogens is 138 g/mol. The maximum atomic E-state index is 10.7. The molecular formula is C5H7NO2S. The molecule has 3 nitrogen and oxygen atoms in total. The fourth-order valence-corrected chi connectivity index (χ4v) is 1.36. The Labute approximate surface area is 57.4 Å².